The Labute approximate surface area is 134 Å². The predicted octanol–water partition coefficient (Wildman–Crippen LogP) is 2.75. The number of hydrogen-bond donors (Lipinski definition) is 1. The Kier molecular flexibility index (Phi) is 5.60. The number of nitrogens with zero attached hydrogens (tertiary/aromatic N) is 2. The van der Waals surface area contributed by atoms with Crippen molar-refractivity contribution < 1.29 is 14.8 Å². The molecule has 1 N–H and O–H groups in total. The van der Waals surface area contributed by atoms with E-state index >= 15 is 0 Å². The van der Waals surface area contributed by atoms with Crippen molar-refractivity contribution in [2.75, 3.05) is 18.1 Å². The summed E-state index contributed by atoms with van der Waals surface area (Å²) >= 11 is 5.04. The molecule has 0 radical (unpaired) electrons. The fourth-order valence-corrected chi connectivity index (χ4v) is 4.00. The Morgan fingerprint density at radius 2 is 2.33 bits per heavy atom. The molecule has 1 aromatic carbocycles. The van der Waals surface area contributed by atoms with E-state index in [2.05, 4.69) is 20.8 Å². The van der Waals surface area contributed by atoms with Crippen LogP contribution >= 0.6 is 27.7 Å². The van der Waals surface area contributed by atoms with Crippen molar-refractivity contribution in [2.45, 2.75) is 19.0 Å². The van der Waals surface area contributed by atoms with Gasteiger partial charge in [-0.05, 0) is 21.5 Å². The van der Waals surface area contributed by atoms with E-state index in [4.69, 9.17) is 5.11 Å². The Hall–Kier alpha value is -1.12. The summed E-state index contributed by atoms with van der Waals surface area (Å²) in [7, 11) is 0. The van der Waals surface area contributed by atoms with Gasteiger partial charge in [0.05, 0.1) is 15.8 Å². The topological polar surface area (TPSA) is 83.7 Å². The summed E-state index contributed by atoms with van der Waals surface area (Å²) in [6.07, 6.45) is 0.0968. The van der Waals surface area contributed by atoms with Crippen LogP contribution in [0.3, 0.4) is 0 Å². The van der Waals surface area contributed by atoms with E-state index < -0.39 is 10.9 Å². The van der Waals surface area contributed by atoms with Gasteiger partial charge in [0.1, 0.15) is 0 Å². The van der Waals surface area contributed by atoms with Crippen LogP contribution in [0, 0.1) is 10.1 Å². The molecule has 21 heavy (non-hydrogen) atoms. The third-order valence-corrected chi connectivity index (χ3v) is 5.40. The highest BCUT2D eigenvalue weighted by Gasteiger charge is 2.26. The average molecular weight is 375 g/mol. The molecule has 0 bridgehead atoms. The van der Waals surface area contributed by atoms with E-state index in [0.717, 1.165) is 23.6 Å². The number of halogens is 1. The van der Waals surface area contributed by atoms with E-state index in [9.17, 15) is 14.9 Å². The van der Waals surface area contributed by atoms with Crippen LogP contribution in [-0.2, 0) is 11.3 Å². The number of nitro groups is 1. The lowest BCUT2D eigenvalue weighted by molar-refractivity contribution is -0.385. The fourth-order valence-electron chi connectivity index (χ4n) is 2.34. The standard InChI is InChI=1S/C13H15BrN2O4S/c14-13-9(2-1-3-11(13)16(19)20)7-15-4-5-21-8-10(15)6-12(17)18/h1-3,10H,4-8H2,(H,17,18). The smallest absolute Gasteiger partial charge is 0.304 e. The number of hydrogen-bond acceptors (Lipinski definition) is 5. The van der Waals surface area contributed by atoms with Gasteiger partial charge >= 0.3 is 5.97 Å². The van der Waals surface area contributed by atoms with Gasteiger partial charge in [-0.3, -0.25) is 19.8 Å². The second-order valence-electron chi connectivity index (χ2n) is 4.80. The monoisotopic (exact) mass is 374 g/mol. The van der Waals surface area contributed by atoms with Crippen LogP contribution < -0.4 is 0 Å². The number of carboxylic acids is 1. The van der Waals surface area contributed by atoms with Crippen LogP contribution in [0.1, 0.15) is 12.0 Å². The van der Waals surface area contributed by atoms with Crippen LogP contribution in [0.5, 0.6) is 0 Å². The molecule has 0 aromatic heterocycles. The fraction of sp³-hybridized carbons (Fsp3) is 0.462. The number of aliphatic carboxylic acids is 1. The molecule has 1 atom stereocenters. The molecule has 0 aliphatic carbocycles. The van der Waals surface area contributed by atoms with Crippen LogP contribution in [0.15, 0.2) is 22.7 Å². The predicted molar refractivity (Wildman–Crippen MR) is 84.6 cm³/mol. The van der Waals surface area contributed by atoms with Crippen LogP contribution in [0.4, 0.5) is 5.69 Å². The molecule has 114 valence electrons. The minimum atomic E-state index is -0.814. The first-order valence-corrected chi connectivity index (χ1v) is 8.39. The summed E-state index contributed by atoms with van der Waals surface area (Å²) in [6, 6.07) is 4.90. The number of carbonyl (C=O) groups is 1. The van der Waals surface area contributed by atoms with Gasteiger partial charge in [0, 0.05) is 36.7 Å². The van der Waals surface area contributed by atoms with Crippen molar-refractivity contribution in [2.24, 2.45) is 0 Å². The molecule has 2 rings (SSSR count). The van der Waals surface area contributed by atoms with Crippen molar-refractivity contribution in [1.29, 1.82) is 0 Å². The van der Waals surface area contributed by atoms with Gasteiger partial charge in [0.25, 0.3) is 5.69 Å². The third kappa shape index (κ3) is 4.18. The van der Waals surface area contributed by atoms with E-state index in [1.54, 1.807) is 17.8 Å². The van der Waals surface area contributed by atoms with Crippen LogP contribution in [-0.4, -0.2) is 45.0 Å². The minimum Gasteiger partial charge on any atom is -0.481 e. The number of nitro benzene ring substituents is 1. The lowest BCUT2D eigenvalue weighted by atomic mass is 10.1. The SMILES string of the molecule is O=C(O)CC1CSCCN1Cc1cccc([N+](=O)[O-])c1Br. The van der Waals surface area contributed by atoms with Crippen molar-refractivity contribution >= 4 is 39.3 Å². The Bertz CT molecular complexity index is 555. The molecule has 6 nitrogen and oxygen atoms in total. The largest absolute Gasteiger partial charge is 0.481 e. The van der Waals surface area contributed by atoms with Crippen molar-refractivity contribution in [3.63, 3.8) is 0 Å². The maximum absolute atomic E-state index is 11.0. The number of rotatable bonds is 5. The number of thioether (sulfide) groups is 1. The molecule has 8 heteroatoms. The molecule has 1 saturated heterocycles. The summed E-state index contributed by atoms with van der Waals surface area (Å²) in [6.45, 7) is 1.30. The molecule has 1 unspecified atom stereocenters. The second kappa shape index (κ2) is 7.24. The first-order chi connectivity index (χ1) is 9.99. The summed E-state index contributed by atoms with van der Waals surface area (Å²) in [5, 5.41) is 19.9. The summed E-state index contributed by atoms with van der Waals surface area (Å²) < 4.78 is 0.474. The zero-order valence-electron chi connectivity index (χ0n) is 11.2. The zero-order valence-corrected chi connectivity index (χ0v) is 13.6. The van der Waals surface area contributed by atoms with Gasteiger partial charge in [-0.25, -0.2) is 0 Å². The van der Waals surface area contributed by atoms with Crippen molar-refractivity contribution in [3.8, 4) is 0 Å². The molecule has 1 fully saturated rings. The van der Waals surface area contributed by atoms with Gasteiger partial charge in [-0.1, -0.05) is 12.1 Å². The molecule has 1 aliphatic rings. The van der Waals surface area contributed by atoms with Crippen molar-refractivity contribution in [1.82, 2.24) is 4.90 Å². The van der Waals surface area contributed by atoms with E-state index in [-0.39, 0.29) is 18.2 Å². The maximum atomic E-state index is 11.0. The first-order valence-electron chi connectivity index (χ1n) is 6.44. The van der Waals surface area contributed by atoms with Crippen LogP contribution in [0.2, 0.25) is 0 Å². The van der Waals surface area contributed by atoms with E-state index in [1.807, 2.05) is 6.07 Å². The Balaban J connectivity index is 2.17. The molecular weight excluding hydrogens is 360 g/mol. The molecule has 1 aromatic rings. The van der Waals surface area contributed by atoms with Gasteiger partial charge in [0.2, 0.25) is 0 Å². The van der Waals surface area contributed by atoms with Gasteiger partial charge in [0.15, 0.2) is 0 Å². The number of benzene rings is 1. The average Bonchev–Trinajstić information content (AvgIpc) is 2.42. The molecule has 0 spiro atoms. The van der Waals surface area contributed by atoms with E-state index in [1.165, 1.54) is 6.07 Å². The molecule has 1 aliphatic heterocycles. The maximum Gasteiger partial charge on any atom is 0.304 e. The lowest BCUT2D eigenvalue weighted by Crippen LogP contribution is -2.43. The highest BCUT2D eigenvalue weighted by Crippen LogP contribution is 2.30. The molecule has 0 saturated carbocycles. The van der Waals surface area contributed by atoms with Gasteiger partial charge in [-0.2, -0.15) is 11.8 Å². The third-order valence-electron chi connectivity index (χ3n) is 3.39. The van der Waals surface area contributed by atoms with E-state index in [0.29, 0.717) is 11.0 Å². The first kappa shape index (κ1) is 16.3. The highest BCUT2D eigenvalue weighted by atomic mass is 79.9. The van der Waals surface area contributed by atoms with Crippen LogP contribution in [0.25, 0.3) is 0 Å². The zero-order chi connectivity index (χ0) is 15.4. The van der Waals surface area contributed by atoms with Crippen molar-refractivity contribution in [3.05, 3.63) is 38.3 Å². The second-order valence-corrected chi connectivity index (χ2v) is 6.75. The molecule has 1 heterocycles. The molecular formula is C13H15BrN2O4S. The quantitative estimate of drug-likeness (QED) is 0.629. The summed E-state index contributed by atoms with van der Waals surface area (Å²) in [5.41, 5.74) is 0.847. The van der Waals surface area contributed by atoms with Gasteiger partial charge in [-0.15, -0.1) is 0 Å². The highest BCUT2D eigenvalue weighted by molar-refractivity contribution is 9.10. The molecule has 0 amide bonds. The Morgan fingerprint density at radius 3 is 3.00 bits per heavy atom. The minimum absolute atomic E-state index is 0.0348. The summed E-state index contributed by atoms with van der Waals surface area (Å²) in [5.74, 6) is 0.909. The van der Waals surface area contributed by atoms with Gasteiger partial charge < -0.3 is 5.11 Å². The Morgan fingerprint density at radius 1 is 1.57 bits per heavy atom. The number of carboxylic acid groups (broad SMARTS) is 1. The normalized spacial score (nSPS) is 19.4. The summed E-state index contributed by atoms with van der Waals surface area (Å²) in [4.78, 5) is 23.6. The lowest BCUT2D eigenvalue weighted by Gasteiger charge is -2.34.